The van der Waals surface area contributed by atoms with Gasteiger partial charge in [-0.25, -0.2) is 0 Å². The maximum Gasteiger partial charge on any atom is 0.231 e. The van der Waals surface area contributed by atoms with Gasteiger partial charge in [0.05, 0.1) is 6.16 Å². The molecule has 0 saturated heterocycles. The van der Waals surface area contributed by atoms with Crippen LogP contribution in [0.15, 0.2) is 108 Å². The number of halogens is 2. The van der Waals surface area contributed by atoms with Crippen molar-refractivity contribution in [2.45, 2.75) is 6.16 Å². The summed E-state index contributed by atoms with van der Waals surface area (Å²) in [6.45, 7) is 0.279. The summed E-state index contributed by atoms with van der Waals surface area (Å²) in [7, 11) is -1.95. The van der Waals surface area contributed by atoms with Gasteiger partial charge >= 0.3 is 0 Å². The summed E-state index contributed by atoms with van der Waals surface area (Å²) in [6.07, 6.45) is 0.891. The van der Waals surface area contributed by atoms with Crippen molar-refractivity contribution in [3.63, 3.8) is 0 Å². The minimum atomic E-state index is -1.95. The van der Waals surface area contributed by atoms with E-state index < -0.39 is 7.26 Å². The molecule has 2 nitrogen and oxygen atoms in total. The fraction of sp³-hybridized carbons (Fsp3) is 0.0769. The molecule has 5 rings (SSSR count). The van der Waals surface area contributed by atoms with Crippen LogP contribution < -0.4 is 42.4 Å². The van der Waals surface area contributed by atoms with Crippen LogP contribution in [0.4, 0.5) is 0 Å². The first-order chi connectivity index (χ1) is 14.8. The molecule has 0 unspecified atom stereocenters. The lowest BCUT2D eigenvalue weighted by molar-refractivity contribution is -0.00000724. The Morgan fingerprint density at radius 1 is 0.645 bits per heavy atom. The second kappa shape index (κ2) is 9.56. The molecule has 0 atom stereocenters. The average Bonchev–Trinajstić information content (AvgIpc) is 3.26. The highest BCUT2D eigenvalue weighted by molar-refractivity contribution is 9.10. The van der Waals surface area contributed by atoms with Crippen LogP contribution >= 0.6 is 23.2 Å². The smallest absolute Gasteiger partial charge is 0.231 e. The molecule has 0 amide bonds. The minimum Gasteiger partial charge on any atom is -1.00 e. The summed E-state index contributed by atoms with van der Waals surface area (Å²) in [5, 5.41) is 4.10. The van der Waals surface area contributed by atoms with Crippen molar-refractivity contribution in [1.82, 2.24) is 0 Å². The van der Waals surface area contributed by atoms with Crippen molar-refractivity contribution < 1.29 is 26.5 Å². The molecule has 0 saturated carbocycles. The third-order valence-electron chi connectivity index (χ3n) is 5.54. The molecule has 0 bridgehead atoms. The van der Waals surface area contributed by atoms with Gasteiger partial charge in [-0.1, -0.05) is 70.5 Å². The molecule has 0 fully saturated rings. The molecule has 1 aliphatic heterocycles. The molecule has 1 aliphatic rings. The molecule has 1 heterocycles. The highest BCUT2D eigenvalue weighted by Crippen LogP contribution is 2.59. The number of hydrogen-bond acceptors (Lipinski definition) is 2. The Bertz CT molecular complexity index is 1060. The van der Waals surface area contributed by atoms with E-state index in [-0.39, 0.29) is 23.8 Å². The Kier molecular flexibility index (Phi) is 6.81. The molecule has 0 aliphatic carbocycles. The highest BCUT2D eigenvalue weighted by Gasteiger charge is 2.46. The molecular formula is C26H21Br2O2P. The van der Waals surface area contributed by atoms with Crippen molar-refractivity contribution in [3.8, 4) is 11.5 Å². The predicted octanol–water partition coefficient (Wildman–Crippen LogP) is 2.68. The van der Waals surface area contributed by atoms with Crippen LogP contribution in [0.3, 0.4) is 0 Å². The van der Waals surface area contributed by atoms with Crippen molar-refractivity contribution in [2.75, 3.05) is 6.79 Å². The molecule has 0 spiro atoms. The largest absolute Gasteiger partial charge is 1.00 e. The minimum absolute atomic E-state index is 0. The van der Waals surface area contributed by atoms with Crippen LogP contribution in [0, 0.1) is 0 Å². The van der Waals surface area contributed by atoms with Crippen molar-refractivity contribution >= 4 is 39.1 Å². The van der Waals surface area contributed by atoms with Gasteiger partial charge in [-0.2, -0.15) is 0 Å². The Morgan fingerprint density at radius 2 is 1.06 bits per heavy atom. The fourth-order valence-corrected chi connectivity index (χ4v) is 9.04. The molecule has 4 aromatic carbocycles. The van der Waals surface area contributed by atoms with E-state index in [1.807, 2.05) is 6.07 Å². The molecule has 4 aromatic rings. The van der Waals surface area contributed by atoms with E-state index in [2.05, 4.69) is 113 Å². The van der Waals surface area contributed by atoms with E-state index in [1.54, 1.807) is 0 Å². The van der Waals surface area contributed by atoms with Crippen LogP contribution in [0.2, 0.25) is 0 Å². The molecule has 0 aromatic heterocycles. The number of hydrogen-bond donors (Lipinski definition) is 0. The first-order valence-electron chi connectivity index (χ1n) is 9.90. The van der Waals surface area contributed by atoms with Gasteiger partial charge in [-0.05, 0) is 48.5 Å². The van der Waals surface area contributed by atoms with Gasteiger partial charge in [0.2, 0.25) is 6.79 Å². The van der Waals surface area contributed by atoms with Crippen LogP contribution in [0.1, 0.15) is 5.56 Å². The van der Waals surface area contributed by atoms with E-state index >= 15 is 0 Å². The molecule has 5 heteroatoms. The molecule has 0 radical (unpaired) electrons. The molecule has 0 N–H and O–H groups in total. The van der Waals surface area contributed by atoms with Crippen LogP contribution in [0.25, 0.3) is 0 Å². The molecular weight excluding hydrogens is 535 g/mol. The van der Waals surface area contributed by atoms with Gasteiger partial charge in [0.15, 0.2) is 11.5 Å². The summed E-state index contributed by atoms with van der Waals surface area (Å²) < 4.78 is 12.3. The highest BCUT2D eigenvalue weighted by atomic mass is 79.9. The summed E-state index contributed by atoms with van der Waals surface area (Å²) in [6, 6.07) is 36.9. The normalized spacial score (nSPS) is 12.3. The van der Waals surface area contributed by atoms with Crippen molar-refractivity contribution in [3.05, 3.63) is 113 Å². The van der Waals surface area contributed by atoms with Gasteiger partial charge in [-0.3, -0.25) is 0 Å². The van der Waals surface area contributed by atoms with E-state index in [0.717, 1.165) is 22.1 Å². The van der Waals surface area contributed by atoms with E-state index in [1.165, 1.54) is 21.5 Å². The lowest BCUT2D eigenvalue weighted by Gasteiger charge is -2.28. The molecule has 31 heavy (non-hydrogen) atoms. The second-order valence-electron chi connectivity index (χ2n) is 7.27. The first-order valence-corrected chi connectivity index (χ1v) is 12.7. The van der Waals surface area contributed by atoms with Gasteiger partial charge < -0.3 is 26.5 Å². The fourth-order valence-electron chi connectivity index (χ4n) is 4.10. The number of fused-ring (bicyclic) bond motifs is 1. The predicted molar refractivity (Wildman–Crippen MR) is 129 cm³/mol. The van der Waals surface area contributed by atoms with Gasteiger partial charge in [0.25, 0.3) is 0 Å². The molecule has 156 valence electrons. The van der Waals surface area contributed by atoms with Gasteiger partial charge in [0.1, 0.15) is 23.2 Å². The zero-order chi connectivity index (χ0) is 20.4. The maximum absolute atomic E-state index is 5.70. The number of benzene rings is 4. The van der Waals surface area contributed by atoms with E-state index in [4.69, 9.17) is 9.47 Å². The van der Waals surface area contributed by atoms with E-state index in [9.17, 15) is 0 Å². The zero-order valence-electron chi connectivity index (χ0n) is 16.7. The summed E-state index contributed by atoms with van der Waals surface area (Å²) in [4.78, 5) is 0. The van der Waals surface area contributed by atoms with Crippen molar-refractivity contribution in [2.24, 2.45) is 0 Å². The van der Waals surface area contributed by atoms with E-state index in [0.29, 0.717) is 0 Å². The summed E-state index contributed by atoms with van der Waals surface area (Å²) in [5.41, 5.74) is 1.23. The van der Waals surface area contributed by atoms with Crippen LogP contribution in [0.5, 0.6) is 11.5 Å². The maximum atomic E-state index is 5.70. The lowest BCUT2D eigenvalue weighted by Crippen LogP contribution is -3.00. The number of ether oxygens (including phenoxy) is 2. The van der Waals surface area contributed by atoms with Gasteiger partial charge in [0, 0.05) is 10.0 Å². The summed E-state index contributed by atoms with van der Waals surface area (Å²) in [5.74, 6) is 1.62. The third kappa shape index (κ3) is 4.17. The SMILES string of the molecule is Brc1cc2c(cc1C[P+](c1ccccc1)(c1ccccc1)c1ccccc1)OCO2.[Br-]. The Hall–Kier alpha value is -2.13. The second-order valence-corrected chi connectivity index (χ2v) is 11.6. The monoisotopic (exact) mass is 554 g/mol. The first kappa shape index (κ1) is 22.1. The van der Waals surface area contributed by atoms with Crippen molar-refractivity contribution in [1.29, 1.82) is 0 Å². The van der Waals surface area contributed by atoms with Gasteiger partial charge in [-0.15, -0.1) is 0 Å². The lowest BCUT2D eigenvalue weighted by atomic mass is 10.2. The average molecular weight is 556 g/mol. The topological polar surface area (TPSA) is 18.5 Å². The quantitative estimate of drug-likeness (QED) is 0.353. The van der Waals surface area contributed by atoms with Crippen LogP contribution in [-0.4, -0.2) is 6.79 Å². The third-order valence-corrected chi connectivity index (χ3v) is 10.6. The standard InChI is InChI=1S/C26H21BrO2P.BrH/c27-24-17-26-25(28-19-29-26)16-20(24)18-30(21-10-4-1-5-11-21,22-12-6-2-7-13-22)23-14-8-3-9-15-23;/h1-17H,18-19H2;1H/q+1;/p-1. The summed E-state index contributed by atoms with van der Waals surface area (Å²) >= 11 is 3.80. The Labute approximate surface area is 202 Å². The zero-order valence-corrected chi connectivity index (χ0v) is 20.8. The Morgan fingerprint density at radius 3 is 1.52 bits per heavy atom. The number of rotatable bonds is 5. The van der Waals surface area contributed by atoms with Crippen LogP contribution in [-0.2, 0) is 6.16 Å². The Balaban J connectivity index is 0.00000231.